The Balaban J connectivity index is 2.95. The van der Waals surface area contributed by atoms with Gasteiger partial charge in [-0.05, 0) is 44.6 Å². The average Bonchev–Trinajstić information content (AvgIpc) is 2.92. The number of carbonyl (C=O) groups excluding carboxylic acids is 2. The number of alkyl carbamates (subject to hydrolysis) is 1. The Labute approximate surface area is 154 Å². The fourth-order valence-corrected chi connectivity index (χ4v) is 3.95. The van der Waals surface area contributed by atoms with E-state index in [0.717, 1.165) is 0 Å². The van der Waals surface area contributed by atoms with Crippen molar-refractivity contribution < 1.29 is 23.3 Å². The van der Waals surface area contributed by atoms with Crippen LogP contribution in [0.3, 0.4) is 0 Å². The van der Waals surface area contributed by atoms with Crippen LogP contribution in [0.4, 0.5) is 4.79 Å². The number of amides is 2. The topological polar surface area (TPSA) is 94.1 Å². The second-order valence-corrected chi connectivity index (χ2v) is 9.25. The smallest absolute Gasteiger partial charge is 0.408 e. The second-order valence-electron chi connectivity index (χ2n) is 6.83. The van der Waals surface area contributed by atoms with Crippen LogP contribution in [0.25, 0.3) is 0 Å². The van der Waals surface area contributed by atoms with E-state index in [-0.39, 0.29) is 5.92 Å². The maximum atomic E-state index is 12.4. The van der Waals surface area contributed by atoms with E-state index in [1.165, 1.54) is 18.4 Å². The Kier molecular flexibility index (Phi) is 7.88. The minimum atomic E-state index is -2.29. The van der Waals surface area contributed by atoms with Crippen LogP contribution in [0.15, 0.2) is 20.0 Å². The van der Waals surface area contributed by atoms with Crippen molar-refractivity contribution in [2.75, 3.05) is 7.11 Å². The highest BCUT2D eigenvalue weighted by atomic mass is 32.2. The summed E-state index contributed by atoms with van der Waals surface area (Å²) in [6.07, 6.45) is -0.336. The number of hydrogen-bond acceptors (Lipinski definition) is 6. The van der Waals surface area contributed by atoms with Gasteiger partial charge in [0, 0.05) is 0 Å². The lowest BCUT2D eigenvalue weighted by molar-refractivity contribution is -0.120. The maximum Gasteiger partial charge on any atom is 0.408 e. The number of rotatable bonds is 6. The fraction of sp³-hybridized carbons (Fsp3) is 0.625. The normalized spacial score (nSPS) is 14.2. The van der Waals surface area contributed by atoms with Crippen molar-refractivity contribution in [1.29, 1.82) is 0 Å². The Morgan fingerprint density at radius 3 is 2.52 bits per heavy atom. The van der Waals surface area contributed by atoms with Gasteiger partial charge in [-0.1, -0.05) is 13.8 Å². The minimum Gasteiger partial charge on any atom is -0.495 e. The van der Waals surface area contributed by atoms with E-state index in [1.54, 1.807) is 32.2 Å². The molecular weight excluding hydrogens is 364 g/mol. The minimum absolute atomic E-state index is 0.133. The van der Waals surface area contributed by atoms with Crippen LogP contribution in [0.1, 0.15) is 41.0 Å². The molecule has 1 unspecified atom stereocenters. The van der Waals surface area contributed by atoms with Gasteiger partial charge in [-0.2, -0.15) is 4.36 Å². The lowest BCUT2D eigenvalue weighted by Crippen LogP contribution is -2.43. The number of nitrogens with one attached hydrogen (secondary N) is 1. The van der Waals surface area contributed by atoms with Crippen molar-refractivity contribution in [2.24, 2.45) is 10.3 Å². The standard InChI is InChI=1S/C16H26N2O5S2/c1-10(2)9-11(17-15(20)23-16(3,4)5)13(19)18-25(21)14-12(22-6)7-8-24-14/h7-8,10-11,25H,9H2,1-6H3,(H,17,20)/t11-/m0/s1. The number of nitrogens with zero attached hydrogens (tertiary/aromatic N) is 1. The molecule has 7 nitrogen and oxygen atoms in total. The molecule has 0 radical (unpaired) electrons. The summed E-state index contributed by atoms with van der Waals surface area (Å²) in [4.78, 5) is 24.4. The van der Waals surface area contributed by atoms with E-state index < -0.39 is 34.2 Å². The number of hydrogen-bond donors (Lipinski definition) is 2. The van der Waals surface area contributed by atoms with E-state index in [0.29, 0.717) is 16.4 Å². The van der Waals surface area contributed by atoms with Crippen LogP contribution in [0, 0.1) is 5.92 Å². The molecule has 1 rings (SSSR count). The van der Waals surface area contributed by atoms with Gasteiger partial charge in [-0.15, -0.1) is 11.3 Å². The lowest BCUT2D eigenvalue weighted by Gasteiger charge is -2.23. The van der Waals surface area contributed by atoms with Gasteiger partial charge < -0.3 is 14.8 Å². The Hall–Kier alpha value is -1.61. The van der Waals surface area contributed by atoms with Gasteiger partial charge in [0.15, 0.2) is 0 Å². The van der Waals surface area contributed by atoms with Crippen molar-refractivity contribution in [1.82, 2.24) is 5.32 Å². The summed E-state index contributed by atoms with van der Waals surface area (Å²) >= 11 is 1.20. The zero-order valence-corrected chi connectivity index (χ0v) is 17.1. The third-order valence-electron chi connectivity index (χ3n) is 2.89. The molecule has 142 valence electrons. The van der Waals surface area contributed by atoms with Gasteiger partial charge in [0.1, 0.15) is 21.6 Å². The summed E-state index contributed by atoms with van der Waals surface area (Å²) in [6.45, 7) is 9.03. The van der Waals surface area contributed by atoms with Gasteiger partial charge in [0.05, 0.1) is 17.7 Å². The molecule has 2 atom stereocenters. The molecular formula is C16H26N2O5S2. The fourth-order valence-electron chi connectivity index (χ4n) is 1.93. The number of methoxy groups -OCH3 is 1. The molecule has 0 aliphatic rings. The first-order chi connectivity index (χ1) is 11.5. The van der Waals surface area contributed by atoms with Gasteiger partial charge in [0.25, 0.3) is 5.91 Å². The Bertz CT molecular complexity index is 685. The molecule has 1 aromatic rings. The lowest BCUT2D eigenvalue weighted by atomic mass is 10.0. The molecule has 1 heterocycles. The average molecular weight is 391 g/mol. The molecule has 0 fully saturated rings. The van der Waals surface area contributed by atoms with Crippen molar-refractivity contribution in [2.45, 2.75) is 56.9 Å². The number of carbonyl (C=O) groups is 2. The van der Waals surface area contributed by atoms with Crippen LogP contribution < -0.4 is 10.1 Å². The van der Waals surface area contributed by atoms with Crippen molar-refractivity contribution in [3.05, 3.63) is 11.4 Å². The highest BCUT2D eigenvalue weighted by Gasteiger charge is 2.25. The largest absolute Gasteiger partial charge is 0.495 e. The molecule has 0 aromatic carbocycles. The third-order valence-corrected chi connectivity index (χ3v) is 5.32. The zero-order valence-electron chi connectivity index (χ0n) is 15.4. The highest BCUT2D eigenvalue weighted by Crippen LogP contribution is 2.26. The molecule has 0 bridgehead atoms. The summed E-state index contributed by atoms with van der Waals surface area (Å²) in [7, 11) is -0.827. The molecule has 25 heavy (non-hydrogen) atoms. The van der Waals surface area contributed by atoms with E-state index in [1.807, 2.05) is 13.8 Å². The van der Waals surface area contributed by atoms with Crippen LogP contribution >= 0.6 is 11.3 Å². The van der Waals surface area contributed by atoms with Crippen molar-refractivity contribution in [3.8, 4) is 5.75 Å². The first kappa shape index (κ1) is 21.4. The molecule has 1 N–H and O–H groups in total. The number of thiol groups is 1. The van der Waals surface area contributed by atoms with E-state index in [4.69, 9.17) is 9.47 Å². The van der Waals surface area contributed by atoms with Crippen LogP contribution in [0.2, 0.25) is 0 Å². The molecule has 0 aliphatic heterocycles. The summed E-state index contributed by atoms with van der Waals surface area (Å²) in [5, 5.41) is 4.24. The molecule has 0 saturated heterocycles. The monoisotopic (exact) mass is 390 g/mol. The van der Waals surface area contributed by atoms with E-state index >= 15 is 0 Å². The quantitative estimate of drug-likeness (QED) is 0.727. The Morgan fingerprint density at radius 1 is 1.36 bits per heavy atom. The Morgan fingerprint density at radius 2 is 2.00 bits per heavy atom. The molecule has 0 aliphatic carbocycles. The first-order valence-corrected chi connectivity index (χ1v) is 9.96. The van der Waals surface area contributed by atoms with E-state index in [9.17, 15) is 13.8 Å². The zero-order chi connectivity index (χ0) is 19.2. The van der Waals surface area contributed by atoms with E-state index in [2.05, 4.69) is 9.68 Å². The SMILES string of the molecule is COc1ccsc1/[SH](=O)=N/C(=O)[C@H](CC(C)C)NC(=O)OC(C)(C)C. The highest BCUT2D eigenvalue weighted by molar-refractivity contribution is 7.78. The van der Waals surface area contributed by atoms with Gasteiger partial charge >= 0.3 is 6.09 Å². The summed E-state index contributed by atoms with van der Waals surface area (Å²) in [5.74, 6) is -0.0764. The molecule has 1 aromatic heterocycles. The molecule has 0 saturated carbocycles. The predicted molar refractivity (Wildman–Crippen MR) is 98.7 cm³/mol. The van der Waals surface area contributed by atoms with Crippen LogP contribution in [-0.2, 0) is 20.1 Å². The summed E-state index contributed by atoms with van der Waals surface area (Å²) in [5.41, 5.74) is -0.678. The summed E-state index contributed by atoms with van der Waals surface area (Å²) in [6, 6.07) is 0.775. The van der Waals surface area contributed by atoms with Crippen molar-refractivity contribution in [3.63, 3.8) is 0 Å². The first-order valence-electron chi connectivity index (χ1n) is 7.87. The predicted octanol–water partition coefficient (Wildman–Crippen LogP) is 3.25. The number of thiophene rings is 1. The number of ether oxygens (including phenoxy) is 2. The van der Waals surface area contributed by atoms with Gasteiger partial charge in [-0.25, -0.2) is 9.00 Å². The molecule has 9 heteroatoms. The third kappa shape index (κ3) is 7.43. The van der Waals surface area contributed by atoms with Gasteiger partial charge in [-0.3, -0.25) is 4.79 Å². The second kappa shape index (κ2) is 9.19. The van der Waals surface area contributed by atoms with Crippen LogP contribution in [-0.4, -0.2) is 35.0 Å². The molecule has 2 amide bonds. The van der Waals surface area contributed by atoms with Gasteiger partial charge in [0.2, 0.25) is 0 Å². The molecule has 0 spiro atoms. The van der Waals surface area contributed by atoms with Crippen LogP contribution in [0.5, 0.6) is 5.75 Å². The maximum absolute atomic E-state index is 12.4. The van der Waals surface area contributed by atoms with Crippen molar-refractivity contribution >= 4 is 33.9 Å². The summed E-state index contributed by atoms with van der Waals surface area (Å²) < 4.78 is 26.8.